The number of rotatable bonds is 3. The lowest BCUT2D eigenvalue weighted by Crippen LogP contribution is -2.64. The Balaban J connectivity index is 1.89. The number of hydrogen-bond acceptors (Lipinski definition) is 5. The second kappa shape index (κ2) is 7.07. The Morgan fingerprint density at radius 2 is 1.58 bits per heavy atom. The van der Waals surface area contributed by atoms with Crippen LogP contribution in [0.25, 0.3) is 10.8 Å². The number of nitrogens with two attached hydrogens (primary N) is 1. The first kappa shape index (κ1) is 20.8. The molecule has 4 rings (SSSR count). The maximum absolute atomic E-state index is 13.5. The van der Waals surface area contributed by atoms with Crippen molar-refractivity contribution in [2.24, 2.45) is 5.73 Å². The van der Waals surface area contributed by atoms with Crippen LogP contribution >= 0.6 is 0 Å². The zero-order chi connectivity index (χ0) is 22.4. The Hall–Kier alpha value is -3.43. The summed E-state index contributed by atoms with van der Waals surface area (Å²) in [6.07, 6.45) is -5.28. The van der Waals surface area contributed by atoms with Crippen LogP contribution in [-0.4, -0.2) is 36.0 Å². The van der Waals surface area contributed by atoms with Gasteiger partial charge in [0.25, 0.3) is 5.91 Å². The van der Waals surface area contributed by atoms with Gasteiger partial charge >= 0.3 is 18.1 Å². The minimum Gasteiger partial charge on any atom is -0.404 e. The van der Waals surface area contributed by atoms with Crippen LogP contribution in [0.2, 0.25) is 0 Å². The summed E-state index contributed by atoms with van der Waals surface area (Å²) in [7, 11) is 1.17. The van der Waals surface area contributed by atoms with E-state index < -0.39 is 29.6 Å². The fourth-order valence-corrected chi connectivity index (χ4v) is 3.77. The zero-order valence-electron chi connectivity index (χ0n) is 16.3. The van der Waals surface area contributed by atoms with Crippen LogP contribution in [0.5, 0.6) is 0 Å². The quantitative estimate of drug-likeness (QED) is 0.494. The van der Waals surface area contributed by atoms with Crippen molar-refractivity contribution in [2.75, 3.05) is 7.05 Å². The molecular formula is C22H18F3N3O3. The molecule has 0 aromatic heterocycles. The predicted molar refractivity (Wildman–Crippen MR) is 106 cm³/mol. The number of ether oxygens (including phenoxy) is 1. The van der Waals surface area contributed by atoms with Gasteiger partial charge in [0.2, 0.25) is 0 Å². The van der Waals surface area contributed by atoms with Crippen LogP contribution in [0.4, 0.5) is 13.2 Å². The standard InChI is InChI=1S/C22H18F3N3O3/c1-28-18(29)20(16-9-3-2-4-10-16,27-22(28,26)31-19(30)21(23,24)25)17-12-11-14-7-5-6-8-15(14)13-17/h2-13,27H,26H2,1H3. The average Bonchev–Trinajstić information content (AvgIpc) is 2.95. The van der Waals surface area contributed by atoms with E-state index in [1.165, 1.54) is 7.05 Å². The number of likely N-dealkylation sites (N-methyl/N-ethyl adjacent to an activating group) is 1. The lowest BCUT2D eigenvalue weighted by molar-refractivity contribution is -0.228. The van der Waals surface area contributed by atoms with E-state index in [1.54, 1.807) is 48.5 Å². The molecule has 0 spiro atoms. The van der Waals surface area contributed by atoms with E-state index in [4.69, 9.17) is 5.73 Å². The maximum Gasteiger partial charge on any atom is 0.491 e. The molecule has 3 aromatic rings. The van der Waals surface area contributed by atoms with Gasteiger partial charge in [-0.15, -0.1) is 0 Å². The van der Waals surface area contributed by atoms with Crippen LogP contribution in [0, 0.1) is 0 Å². The molecule has 0 radical (unpaired) electrons. The van der Waals surface area contributed by atoms with E-state index in [2.05, 4.69) is 10.1 Å². The number of carbonyl (C=O) groups excluding carboxylic acids is 2. The molecule has 31 heavy (non-hydrogen) atoms. The molecule has 1 amide bonds. The van der Waals surface area contributed by atoms with Crippen molar-refractivity contribution in [3.8, 4) is 0 Å². The highest BCUT2D eigenvalue weighted by Crippen LogP contribution is 2.40. The molecular weight excluding hydrogens is 411 g/mol. The van der Waals surface area contributed by atoms with E-state index in [-0.39, 0.29) is 0 Å². The first-order chi connectivity index (χ1) is 14.6. The molecule has 0 saturated carbocycles. The third-order valence-electron chi connectivity index (χ3n) is 5.36. The van der Waals surface area contributed by atoms with Crippen LogP contribution in [0.1, 0.15) is 11.1 Å². The van der Waals surface area contributed by atoms with Gasteiger partial charge in [0, 0.05) is 7.05 Å². The topological polar surface area (TPSA) is 84.7 Å². The number of nitrogens with one attached hydrogen (secondary N) is 1. The van der Waals surface area contributed by atoms with Gasteiger partial charge in [-0.2, -0.15) is 13.2 Å². The second-order valence-corrected chi connectivity index (χ2v) is 7.25. The summed E-state index contributed by atoms with van der Waals surface area (Å²) in [6.45, 7) is 0. The molecule has 2 atom stereocenters. The summed E-state index contributed by atoms with van der Waals surface area (Å²) in [5, 5.41) is 4.42. The van der Waals surface area contributed by atoms with Gasteiger partial charge in [-0.05, 0) is 28.0 Å². The Bertz CT molecular complexity index is 1170. The predicted octanol–water partition coefficient (Wildman–Crippen LogP) is 2.82. The lowest BCUT2D eigenvalue weighted by atomic mass is 9.82. The summed E-state index contributed by atoms with van der Waals surface area (Å²) in [4.78, 5) is 25.8. The molecule has 1 aliphatic heterocycles. The molecule has 3 N–H and O–H groups in total. The SMILES string of the molecule is CN1C(=O)C(c2ccccc2)(c2ccc3ccccc3c2)NC1(N)OC(=O)C(F)(F)F. The van der Waals surface area contributed by atoms with E-state index in [0.717, 1.165) is 15.7 Å². The van der Waals surface area contributed by atoms with Gasteiger partial charge in [0.15, 0.2) is 5.54 Å². The summed E-state index contributed by atoms with van der Waals surface area (Å²) < 4.78 is 43.1. The lowest BCUT2D eigenvalue weighted by Gasteiger charge is -2.32. The Kier molecular flexibility index (Phi) is 4.75. The van der Waals surface area contributed by atoms with E-state index in [0.29, 0.717) is 11.1 Å². The first-order valence-corrected chi connectivity index (χ1v) is 9.29. The number of alkyl halides is 3. The Morgan fingerprint density at radius 3 is 2.23 bits per heavy atom. The molecule has 1 aliphatic rings. The number of esters is 1. The highest BCUT2D eigenvalue weighted by atomic mass is 19.4. The molecule has 3 aromatic carbocycles. The largest absolute Gasteiger partial charge is 0.491 e. The van der Waals surface area contributed by atoms with Gasteiger partial charge in [-0.25, -0.2) is 10.1 Å². The molecule has 1 saturated heterocycles. The van der Waals surface area contributed by atoms with Gasteiger partial charge in [-0.3, -0.25) is 15.4 Å². The number of amides is 1. The van der Waals surface area contributed by atoms with Crippen molar-refractivity contribution in [1.82, 2.24) is 10.2 Å². The normalized spacial score (nSPS) is 23.9. The highest BCUT2D eigenvalue weighted by Gasteiger charge is 2.62. The fourth-order valence-electron chi connectivity index (χ4n) is 3.77. The molecule has 160 valence electrons. The molecule has 1 fully saturated rings. The smallest absolute Gasteiger partial charge is 0.404 e. The Labute approximate surface area is 175 Å². The number of fused-ring (bicyclic) bond motifs is 1. The summed E-state index contributed by atoms with van der Waals surface area (Å²) in [6, 6.07) is 21.1. The minimum atomic E-state index is -5.28. The van der Waals surface area contributed by atoms with Gasteiger partial charge in [-0.1, -0.05) is 66.7 Å². The highest BCUT2D eigenvalue weighted by molar-refractivity contribution is 5.96. The van der Waals surface area contributed by atoms with Crippen LogP contribution in [0.3, 0.4) is 0 Å². The fraction of sp³-hybridized carbons (Fsp3) is 0.182. The van der Waals surface area contributed by atoms with E-state index in [9.17, 15) is 22.8 Å². The van der Waals surface area contributed by atoms with E-state index >= 15 is 0 Å². The van der Waals surface area contributed by atoms with E-state index in [1.807, 2.05) is 24.3 Å². The third-order valence-corrected chi connectivity index (χ3v) is 5.36. The summed E-state index contributed by atoms with van der Waals surface area (Å²) in [5.41, 5.74) is 5.19. The number of nitrogens with zero attached hydrogens (tertiary/aromatic N) is 1. The van der Waals surface area contributed by atoms with Crippen LogP contribution in [-0.2, 0) is 19.9 Å². The minimum absolute atomic E-state index is 0.428. The third kappa shape index (κ3) is 3.31. The molecule has 9 heteroatoms. The summed E-state index contributed by atoms with van der Waals surface area (Å²) in [5.74, 6) is -5.71. The monoisotopic (exact) mass is 429 g/mol. The molecule has 1 heterocycles. The van der Waals surface area contributed by atoms with Gasteiger partial charge < -0.3 is 4.74 Å². The Morgan fingerprint density at radius 1 is 0.968 bits per heavy atom. The molecule has 0 bridgehead atoms. The summed E-state index contributed by atoms with van der Waals surface area (Å²) >= 11 is 0. The zero-order valence-corrected chi connectivity index (χ0v) is 16.3. The maximum atomic E-state index is 13.5. The number of halogens is 3. The molecule has 2 unspecified atom stereocenters. The van der Waals surface area contributed by atoms with Crippen molar-refractivity contribution >= 4 is 22.6 Å². The second-order valence-electron chi connectivity index (χ2n) is 7.25. The average molecular weight is 429 g/mol. The van der Waals surface area contributed by atoms with Crippen molar-refractivity contribution in [2.45, 2.75) is 17.7 Å². The number of benzene rings is 3. The first-order valence-electron chi connectivity index (χ1n) is 9.29. The van der Waals surface area contributed by atoms with Crippen LogP contribution < -0.4 is 11.1 Å². The van der Waals surface area contributed by atoms with Crippen molar-refractivity contribution in [3.63, 3.8) is 0 Å². The van der Waals surface area contributed by atoms with Gasteiger partial charge in [0.05, 0.1) is 0 Å². The number of hydrogen-bond donors (Lipinski definition) is 2. The van der Waals surface area contributed by atoms with Crippen molar-refractivity contribution in [3.05, 3.63) is 83.9 Å². The molecule has 0 aliphatic carbocycles. The van der Waals surface area contributed by atoms with Crippen LogP contribution in [0.15, 0.2) is 72.8 Å². The van der Waals surface area contributed by atoms with Gasteiger partial charge in [0.1, 0.15) is 0 Å². The van der Waals surface area contributed by atoms with Crippen molar-refractivity contribution < 1.29 is 27.5 Å². The number of carbonyl (C=O) groups is 2. The van der Waals surface area contributed by atoms with Crippen molar-refractivity contribution in [1.29, 1.82) is 0 Å². The molecule has 6 nitrogen and oxygen atoms in total.